The SMILES string of the molecule is CCOC(=O)c1c(NCCOCC2CC2)sc(C#N)c1N. The molecule has 1 heterocycles. The Kier molecular flexibility index (Phi) is 5.42. The van der Waals surface area contributed by atoms with E-state index in [0.29, 0.717) is 23.0 Å². The molecule has 1 aromatic rings. The van der Waals surface area contributed by atoms with Crippen molar-refractivity contribution < 1.29 is 14.3 Å². The van der Waals surface area contributed by atoms with Gasteiger partial charge in [-0.25, -0.2) is 4.79 Å². The zero-order valence-corrected chi connectivity index (χ0v) is 12.8. The maximum atomic E-state index is 11.9. The number of hydrogen-bond acceptors (Lipinski definition) is 7. The average molecular weight is 309 g/mol. The Labute approximate surface area is 127 Å². The number of carbonyl (C=O) groups excluding carboxylic acids is 1. The number of esters is 1. The van der Waals surface area contributed by atoms with E-state index in [1.54, 1.807) is 6.92 Å². The number of carbonyl (C=O) groups is 1. The van der Waals surface area contributed by atoms with Crippen molar-refractivity contribution in [1.29, 1.82) is 5.26 Å². The number of hydrogen-bond donors (Lipinski definition) is 2. The molecule has 0 spiro atoms. The van der Waals surface area contributed by atoms with Gasteiger partial charge in [-0.2, -0.15) is 5.26 Å². The van der Waals surface area contributed by atoms with Crippen LogP contribution in [0, 0.1) is 17.2 Å². The molecule has 7 heteroatoms. The Bertz CT molecular complexity index is 546. The summed E-state index contributed by atoms with van der Waals surface area (Å²) in [5.41, 5.74) is 6.27. The van der Waals surface area contributed by atoms with Crippen LogP contribution in [0.4, 0.5) is 10.7 Å². The highest BCUT2D eigenvalue weighted by Crippen LogP contribution is 2.35. The zero-order valence-electron chi connectivity index (χ0n) is 12.0. The monoisotopic (exact) mass is 309 g/mol. The number of nitrogens with two attached hydrogens (primary N) is 1. The van der Waals surface area contributed by atoms with Crippen LogP contribution in [0.3, 0.4) is 0 Å². The lowest BCUT2D eigenvalue weighted by molar-refractivity contribution is 0.0529. The van der Waals surface area contributed by atoms with Crippen LogP contribution in [0.2, 0.25) is 0 Å². The van der Waals surface area contributed by atoms with E-state index in [4.69, 9.17) is 20.5 Å². The molecule has 1 saturated carbocycles. The second kappa shape index (κ2) is 7.29. The Hall–Kier alpha value is -1.78. The highest BCUT2D eigenvalue weighted by Gasteiger charge is 2.23. The third-order valence-electron chi connectivity index (χ3n) is 3.11. The lowest BCUT2D eigenvalue weighted by atomic mass is 10.2. The summed E-state index contributed by atoms with van der Waals surface area (Å²) in [5, 5.41) is 12.7. The molecule has 0 amide bonds. The topological polar surface area (TPSA) is 97.4 Å². The predicted octanol–water partition coefficient (Wildman–Crippen LogP) is 2.22. The number of ether oxygens (including phenoxy) is 2. The smallest absolute Gasteiger partial charge is 0.343 e. The summed E-state index contributed by atoms with van der Waals surface area (Å²) in [7, 11) is 0. The van der Waals surface area contributed by atoms with E-state index < -0.39 is 5.97 Å². The van der Waals surface area contributed by atoms with Crippen molar-refractivity contribution >= 4 is 28.0 Å². The minimum atomic E-state index is -0.505. The predicted molar refractivity (Wildman–Crippen MR) is 81.4 cm³/mol. The largest absolute Gasteiger partial charge is 0.462 e. The number of nitrogens with zero attached hydrogens (tertiary/aromatic N) is 1. The van der Waals surface area contributed by atoms with E-state index in [9.17, 15) is 4.79 Å². The van der Waals surface area contributed by atoms with Gasteiger partial charge in [0.25, 0.3) is 0 Å². The van der Waals surface area contributed by atoms with Gasteiger partial charge in [-0.3, -0.25) is 0 Å². The van der Waals surface area contributed by atoms with Gasteiger partial charge in [-0.15, -0.1) is 11.3 Å². The summed E-state index contributed by atoms with van der Waals surface area (Å²) in [4.78, 5) is 12.2. The summed E-state index contributed by atoms with van der Waals surface area (Å²) in [6.45, 7) is 3.90. The number of anilines is 2. The molecule has 0 aromatic carbocycles. The molecule has 0 aliphatic heterocycles. The Morgan fingerprint density at radius 2 is 2.33 bits per heavy atom. The van der Waals surface area contributed by atoms with Crippen molar-refractivity contribution in [3.63, 3.8) is 0 Å². The number of nitriles is 1. The summed E-state index contributed by atoms with van der Waals surface area (Å²) in [5.74, 6) is 0.219. The molecule has 21 heavy (non-hydrogen) atoms. The van der Waals surface area contributed by atoms with Crippen molar-refractivity contribution in [2.45, 2.75) is 19.8 Å². The van der Waals surface area contributed by atoms with Gasteiger partial charge in [0.05, 0.1) is 18.9 Å². The van der Waals surface area contributed by atoms with Gasteiger partial charge >= 0.3 is 5.97 Å². The first-order valence-corrected chi connectivity index (χ1v) is 7.80. The molecule has 0 bridgehead atoms. The summed E-state index contributed by atoms with van der Waals surface area (Å²) in [6, 6.07) is 1.99. The van der Waals surface area contributed by atoms with Crippen LogP contribution in [0.25, 0.3) is 0 Å². The van der Waals surface area contributed by atoms with Crippen molar-refractivity contribution in [3.05, 3.63) is 10.4 Å². The van der Waals surface area contributed by atoms with Crippen LogP contribution in [0.15, 0.2) is 0 Å². The van der Waals surface area contributed by atoms with Crippen LogP contribution < -0.4 is 11.1 Å². The Morgan fingerprint density at radius 3 is 2.95 bits per heavy atom. The van der Waals surface area contributed by atoms with Gasteiger partial charge in [0.2, 0.25) is 0 Å². The first-order valence-electron chi connectivity index (χ1n) is 6.98. The maximum Gasteiger partial charge on any atom is 0.343 e. The average Bonchev–Trinajstić information content (AvgIpc) is 3.22. The zero-order chi connectivity index (χ0) is 15.2. The molecule has 0 saturated heterocycles. The van der Waals surface area contributed by atoms with E-state index in [-0.39, 0.29) is 17.9 Å². The number of thiophene rings is 1. The van der Waals surface area contributed by atoms with Gasteiger partial charge in [0.1, 0.15) is 21.5 Å². The van der Waals surface area contributed by atoms with Crippen LogP contribution in [-0.4, -0.2) is 32.3 Å². The first kappa shape index (κ1) is 15.6. The molecule has 1 aromatic heterocycles. The van der Waals surface area contributed by atoms with E-state index in [2.05, 4.69) is 5.32 Å². The highest BCUT2D eigenvalue weighted by atomic mass is 32.1. The second-order valence-electron chi connectivity index (χ2n) is 4.83. The van der Waals surface area contributed by atoms with Crippen molar-refractivity contribution in [2.75, 3.05) is 37.4 Å². The third-order valence-corrected chi connectivity index (χ3v) is 4.18. The van der Waals surface area contributed by atoms with Crippen molar-refractivity contribution in [2.24, 2.45) is 5.92 Å². The normalized spacial score (nSPS) is 13.7. The maximum absolute atomic E-state index is 11.9. The number of rotatable bonds is 8. The molecule has 0 radical (unpaired) electrons. The van der Waals surface area contributed by atoms with Gasteiger partial charge < -0.3 is 20.5 Å². The van der Waals surface area contributed by atoms with Gasteiger partial charge in [-0.1, -0.05) is 0 Å². The fraction of sp³-hybridized carbons (Fsp3) is 0.571. The van der Waals surface area contributed by atoms with Crippen LogP contribution >= 0.6 is 11.3 Å². The quantitative estimate of drug-likeness (QED) is 0.564. The molecule has 3 N–H and O–H groups in total. The summed E-state index contributed by atoms with van der Waals surface area (Å²) < 4.78 is 10.5. The van der Waals surface area contributed by atoms with Gasteiger partial charge in [0.15, 0.2) is 0 Å². The van der Waals surface area contributed by atoms with Gasteiger partial charge in [-0.05, 0) is 25.7 Å². The molecular weight excluding hydrogens is 290 g/mol. The standard InChI is InChI=1S/C14H19N3O3S/c1-2-20-14(18)11-12(16)10(7-15)21-13(11)17-5-6-19-8-9-3-4-9/h9,17H,2-6,8,16H2,1H3. The van der Waals surface area contributed by atoms with Crippen LogP contribution in [-0.2, 0) is 9.47 Å². The molecular formula is C14H19N3O3S. The minimum Gasteiger partial charge on any atom is -0.462 e. The molecule has 0 atom stereocenters. The molecule has 0 unspecified atom stereocenters. The molecule has 6 nitrogen and oxygen atoms in total. The van der Waals surface area contributed by atoms with E-state index in [1.165, 1.54) is 12.8 Å². The van der Waals surface area contributed by atoms with E-state index in [0.717, 1.165) is 23.9 Å². The first-order chi connectivity index (χ1) is 10.2. The molecule has 2 rings (SSSR count). The fourth-order valence-electron chi connectivity index (χ4n) is 1.83. The fourth-order valence-corrected chi connectivity index (χ4v) is 2.76. The Balaban J connectivity index is 1.95. The molecule has 1 aliphatic rings. The van der Waals surface area contributed by atoms with Gasteiger partial charge in [0, 0.05) is 13.2 Å². The molecule has 114 valence electrons. The summed E-state index contributed by atoms with van der Waals surface area (Å²) in [6.07, 6.45) is 2.51. The van der Waals surface area contributed by atoms with E-state index in [1.807, 2.05) is 6.07 Å². The van der Waals surface area contributed by atoms with Crippen LogP contribution in [0.1, 0.15) is 35.0 Å². The number of nitrogens with one attached hydrogen (secondary N) is 1. The molecule has 1 fully saturated rings. The second-order valence-corrected chi connectivity index (χ2v) is 5.85. The van der Waals surface area contributed by atoms with E-state index >= 15 is 0 Å². The highest BCUT2D eigenvalue weighted by molar-refractivity contribution is 7.17. The summed E-state index contributed by atoms with van der Waals surface area (Å²) >= 11 is 1.16. The number of nitrogen functional groups attached to an aromatic ring is 1. The van der Waals surface area contributed by atoms with Crippen molar-refractivity contribution in [1.82, 2.24) is 0 Å². The lowest BCUT2D eigenvalue weighted by Gasteiger charge is -2.08. The lowest BCUT2D eigenvalue weighted by Crippen LogP contribution is -2.13. The molecule has 1 aliphatic carbocycles. The third kappa shape index (κ3) is 4.09. The minimum absolute atomic E-state index is 0.183. The van der Waals surface area contributed by atoms with Crippen LogP contribution in [0.5, 0.6) is 0 Å². The van der Waals surface area contributed by atoms with Crippen molar-refractivity contribution in [3.8, 4) is 6.07 Å². The Morgan fingerprint density at radius 1 is 1.57 bits per heavy atom.